The Labute approximate surface area is 180 Å². The van der Waals surface area contributed by atoms with Crippen LogP contribution in [0.1, 0.15) is 41.7 Å². The number of rotatable bonds is 7. The number of oxazole rings is 1. The third kappa shape index (κ3) is 5.35. The quantitative estimate of drug-likeness (QED) is 0.565. The van der Waals surface area contributed by atoms with Gasteiger partial charge in [0.2, 0.25) is 11.8 Å². The molecule has 1 aliphatic rings. The summed E-state index contributed by atoms with van der Waals surface area (Å²) >= 11 is 0. The Morgan fingerprint density at radius 2 is 1.74 bits per heavy atom. The molecule has 2 aromatic carbocycles. The zero-order valence-corrected chi connectivity index (χ0v) is 17.4. The highest BCUT2D eigenvalue weighted by Gasteiger charge is 2.33. The molecule has 1 saturated heterocycles. The average Bonchev–Trinajstić information content (AvgIpc) is 3.41. The van der Waals surface area contributed by atoms with Crippen LogP contribution in [0.15, 0.2) is 59.1 Å². The first kappa shape index (κ1) is 21.2. The Morgan fingerprint density at radius 1 is 1.10 bits per heavy atom. The molecule has 1 amide bonds. The van der Waals surface area contributed by atoms with Gasteiger partial charge in [-0.15, -0.1) is 0 Å². The molecule has 0 spiro atoms. The highest BCUT2D eigenvalue weighted by molar-refractivity contribution is 5.79. The summed E-state index contributed by atoms with van der Waals surface area (Å²) in [5.74, 6) is 0.711. The monoisotopic (exact) mass is 425 g/mol. The number of likely N-dealkylation sites (N-methyl/N-ethyl adjacent to an activating group) is 1. The average molecular weight is 425 g/mol. The van der Waals surface area contributed by atoms with Gasteiger partial charge in [0.25, 0.3) is 0 Å². The first-order chi connectivity index (χ1) is 15.0. The molecule has 1 fully saturated rings. The van der Waals surface area contributed by atoms with Gasteiger partial charge in [-0.1, -0.05) is 24.3 Å². The lowest BCUT2D eigenvalue weighted by Gasteiger charge is -2.25. The Morgan fingerprint density at radius 3 is 2.42 bits per heavy atom. The minimum Gasteiger partial charge on any atom is -0.443 e. The Bertz CT molecular complexity index is 1020. The molecule has 0 unspecified atom stereocenters. The van der Waals surface area contributed by atoms with Crippen LogP contribution in [0.5, 0.6) is 0 Å². The summed E-state index contributed by atoms with van der Waals surface area (Å²) in [5.41, 5.74) is 1.89. The number of carbonyl (C=O) groups is 1. The van der Waals surface area contributed by atoms with Crippen molar-refractivity contribution >= 4 is 5.91 Å². The van der Waals surface area contributed by atoms with Crippen molar-refractivity contribution in [1.29, 1.82) is 0 Å². The minimum atomic E-state index is -0.272. The predicted molar refractivity (Wildman–Crippen MR) is 112 cm³/mol. The van der Waals surface area contributed by atoms with Crippen molar-refractivity contribution in [2.75, 3.05) is 20.1 Å². The lowest BCUT2D eigenvalue weighted by atomic mass is 10.1. The van der Waals surface area contributed by atoms with Crippen molar-refractivity contribution in [3.8, 4) is 0 Å². The number of hydrogen-bond donors (Lipinski definition) is 0. The summed E-state index contributed by atoms with van der Waals surface area (Å²) in [6.45, 7) is 1.49. The molecule has 1 atom stereocenters. The lowest BCUT2D eigenvalue weighted by molar-refractivity contribution is -0.133. The van der Waals surface area contributed by atoms with E-state index in [0.717, 1.165) is 24.0 Å². The maximum atomic E-state index is 13.1. The van der Waals surface area contributed by atoms with Crippen LogP contribution in [-0.2, 0) is 17.8 Å². The SMILES string of the molecule is CN(CC(=O)N1CCC[C@@H]1c1ncc(Cc2ccc(F)cc2)o1)Cc1ccc(F)cc1. The zero-order valence-electron chi connectivity index (χ0n) is 17.4. The number of halogens is 2. The van der Waals surface area contributed by atoms with Crippen LogP contribution < -0.4 is 0 Å². The second kappa shape index (κ2) is 9.39. The van der Waals surface area contributed by atoms with E-state index < -0.39 is 0 Å². The smallest absolute Gasteiger partial charge is 0.237 e. The number of hydrogen-bond acceptors (Lipinski definition) is 4. The van der Waals surface area contributed by atoms with Crippen LogP contribution in [0.2, 0.25) is 0 Å². The largest absolute Gasteiger partial charge is 0.443 e. The standard InChI is InChI=1S/C24H25F2N3O2/c1-28(15-18-6-10-20(26)11-7-18)16-23(30)29-12-2-3-22(29)24-27-14-21(31-24)13-17-4-8-19(25)9-5-17/h4-11,14,22H,2-3,12-13,15-16H2,1H3/t22-/m1/s1. The van der Waals surface area contributed by atoms with E-state index in [2.05, 4.69) is 4.98 Å². The summed E-state index contributed by atoms with van der Waals surface area (Å²) in [6, 6.07) is 12.4. The normalized spacial score (nSPS) is 16.3. The molecule has 1 aromatic heterocycles. The van der Waals surface area contributed by atoms with Gasteiger partial charge in [-0.25, -0.2) is 13.8 Å². The first-order valence-electron chi connectivity index (χ1n) is 10.4. The Balaban J connectivity index is 1.37. The molecule has 0 N–H and O–H groups in total. The van der Waals surface area contributed by atoms with Crippen molar-refractivity contribution in [1.82, 2.24) is 14.8 Å². The Hall–Kier alpha value is -3.06. The van der Waals surface area contributed by atoms with Gasteiger partial charge < -0.3 is 9.32 Å². The minimum absolute atomic E-state index is 0.0189. The first-order valence-corrected chi connectivity index (χ1v) is 10.4. The fraction of sp³-hybridized carbons (Fsp3) is 0.333. The highest BCUT2D eigenvalue weighted by atomic mass is 19.1. The Kier molecular flexibility index (Phi) is 6.42. The molecule has 7 heteroatoms. The topological polar surface area (TPSA) is 49.6 Å². The van der Waals surface area contributed by atoms with E-state index in [4.69, 9.17) is 4.42 Å². The van der Waals surface area contributed by atoms with Crippen molar-refractivity contribution < 1.29 is 18.0 Å². The van der Waals surface area contributed by atoms with Gasteiger partial charge in [-0.2, -0.15) is 0 Å². The van der Waals surface area contributed by atoms with E-state index in [1.807, 2.05) is 16.8 Å². The van der Waals surface area contributed by atoms with Gasteiger partial charge in [0.1, 0.15) is 23.4 Å². The third-order valence-corrected chi connectivity index (χ3v) is 5.49. The summed E-state index contributed by atoms with van der Waals surface area (Å²) < 4.78 is 32.1. The summed E-state index contributed by atoms with van der Waals surface area (Å²) in [4.78, 5) is 21.1. The molecule has 31 heavy (non-hydrogen) atoms. The zero-order chi connectivity index (χ0) is 21.8. The van der Waals surface area contributed by atoms with Crippen molar-refractivity contribution in [3.05, 3.63) is 89.1 Å². The van der Waals surface area contributed by atoms with Gasteiger partial charge >= 0.3 is 0 Å². The van der Waals surface area contributed by atoms with E-state index in [1.165, 1.54) is 24.3 Å². The molecule has 0 saturated carbocycles. The van der Waals surface area contributed by atoms with Gasteiger partial charge in [0.15, 0.2) is 0 Å². The highest BCUT2D eigenvalue weighted by Crippen LogP contribution is 2.32. The van der Waals surface area contributed by atoms with Gasteiger partial charge in [-0.05, 0) is 55.3 Å². The van der Waals surface area contributed by atoms with Gasteiger partial charge in [0.05, 0.1) is 12.7 Å². The maximum absolute atomic E-state index is 13.1. The molecule has 1 aliphatic heterocycles. The fourth-order valence-corrected chi connectivity index (χ4v) is 3.96. The van der Waals surface area contributed by atoms with E-state index >= 15 is 0 Å². The van der Waals surface area contributed by atoms with Crippen molar-refractivity contribution in [3.63, 3.8) is 0 Å². The molecule has 0 bridgehead atoms. The second-order valence-corrected chi connectivity index (χ2v) is 8.01. The van der Waals surface area contributed by atoms with E-state index in [-0.39, 0.29) is 30.1 Å². The van der Waals surface area contributed by atoms with E-state index in [1.54, 1.807) is 30.5 Å². The van der Waals surface area contributed by atoms with Crippen LogP contribution in [-0.4, -0.2) is 40.8 Å². The molecule has 3 aromatic rings. The van der Waals surface area contributed by atoms with Crippen LogP contribution >= 0.6 is 0 Å². The summed E-state index contributed by atoms with van der Waals surface area (Å²) in [5, 5.41) is 0. The molecular formula is C24H25F2N3O2. The molecule has 2 heterocycles. The van der Waals surface area contributed by atoms with Gasteiger partial charge in [0, 0.05) is 19.5 Å². The molecule has 5 nitrogen and oxygen atoms in total. The number of nitrogens with zero attached hydrogens (tertiary/aromatic N) is 3. The predicted octanol–water partition coefficient (Wildman–Crippen LogP) is 4.34. The molecule has 0 radical (unpaired) electrons. The van der Waals surface area contributed by atoms with Crippen LogP contribution in [0.3, 0.4) is 0 Å². The molecule has 162 valence electrons. The van der Waals surface area contributed by atoms with Crippen LogP contribution in [0.4, 0.5) is 8.78 Å². The van der Waals surface area contributed by atoms with Crippen LogP contribution in [0.25, 0.3) is 0 Å². The molecular weight excluding hydrogens is 400 g/mol. The maximum Gasteiger partial charge on any atom is 0.237 e. The summed E-state index contributed by atoms with van der Waals surface area (Å²) in [7, 11) is 1.87. The van der Waals surface area contributed by atoms with Gasteiger partial charge in [-0.3, -0.25) is 9.69 Å². The molecule has 0 aliphatic carbocycles. The number of likely N-dealkylation sites (tertiary alicyclic amines) is 1. The second-order valence-electron chi connectivity index (χ2n) is 8.01. The lowest BCUT2D eigenvalue weighted by Crippen LogP contribution is -2.38. The number of benzene rings is 2. The fourth-order valence-electron chi connectivity index (χ4n) is 3.96. The third-order valence-electron chi connectivity index (χ3n) is 5.49. The van der Waals surface area contributed by atoms with E-state index in [0.29, 0.717) is 31.2 Å². The van der Waals surface area contributed by atoms with E-state index in [9.17, 15) is 13.6 Å². The number of aromatic nitrogens is 1. The number of carbonyl (C=O) groups excluding carboxylic acids is 1. The molecule has 4 rings (SSSR count). The number of amides is 1. The van der Waals surface area contributed by atoms with Crippen molar-refractivity contribution in [2.24, 2.45) is 0 Å². The summed E-state index contributed by atoms with van der Waals surface area (Å²) in [6.07, 6.45) is 3.91. The van der Waals surface area contributed by atoms with Crippen LogP contribution in [0, 0.1) is 11.6 Å². The van der Waals surface area contributed by atoms with Crippen molar-refractivity contribution in [2.45, 2.75) is 31.8 Å².